The number of allylic oxidation sites excluding steroid dienone is 1. The van der Waals surface area contributed by atoms with Crippen molar-refractivity contribution in [2.75, 3.05) is 6.54 Å². The third kappa shape index (κ3) is 11.0. The zero-order chi connectivity index (χ0) is 25.0. The number of amides is 1. The minimum atomic E-state index is -0.939. The average Bonchev–Trinajstić information content (AvgIpc) is 3.16. The molecule has 2 rings (SSSR count). The lowest BCUT2D eigenvalue weighted by molar-refractivity contribution is -0.139. The first kappa shape index (κ1) is 29.5. The fourth-order valence-electron chi connectivity index (χ4n) is 4.31. The molecule has 1 saturated heterocycles. The van der Waals surface area contributed by atoms with Crippen molar-refractivity contribution in [1.29, 1.82) is 0 Å². The number of aromatic nitrogens is 1. The Morgan fingerprint density at radius 1 is 1.12 bits per heavy atom. The second-order valence-electron chi connectivity index (χ2n) is 10.4. The normalized spacial score (nSPS) is 28.1. The molecule has 0 spiro atoms. The Hall–Kier alpha value is -1.53. The summed E-state index contributed by atoms with van der Waals surface area (Å²) in [6.07, 6.45) is 9.80. The Labute approximate surface area is 205 Å². The number of hydrogen-bond donors (Lipinski definition) is 2. The third-order valence-electron chi connectivity index (χ3n) is 6.57. The van der Waals surface area contributed by atoms with E-state index in [4.69, 9.17) is 0 Å². The molecule has 1 amide bonds. The molecule has 0 aromatic carbocycles. The predicted octanol–water partition coefficient (Wildman–Crippen LogP) is 6.20. The monoisotopic (exact) mass is 478 g/mol. The highest BCUT2D eigenvalue weighted by Gasteiger charge is 2.39. The number of carbonyl (C=O) groups is 2. The SMILES string of the molecule is C/C=C\c1csc(C)n1.CC1CCCCC[C@H](C)CNC(=O)CC(O)C(C)(C)C(=O)C(C)C1. The number of hydrogen-bond acceptors (Lipinski definition) is 5. The number of Topliss-reactive ketones (excluding diaryl/α,β-unsaturated/α-hetero) is 1. The summed E-state index contributed by atoms with van der Waals surface area (Å²) in [4.78, 5) is 29.1. The fourth-order valence-corrected chi connectivity index (χ4v) is 4.89. The van der Waals surface area contributed by atoms with Gasteiger partial charge in [0.25, 0.3) is 0 Å². The van der Waals surface area contributed by atoms with E-state index in [1.165, 1.54) is 19.3 Å². The minimum Gasteiger partial charge on any atom is -0.392 e. The highest BCUT2D eigenvalue weighted by Crippen LogP contribution is 2.31. The number of nitrogens with one attached hydrogen (secondary N) is 1. The summed E-state index contributed by atoms with van der Waals surface area (Å²) >= 11 is 1.68. The molecule has 0 bridgehead atoms. The molecule has 5 nitrogen and oxygen atoms in total. The van der Waals surface area contributed by atoms with Crippen LogP contribution in [0.15, 0.2) is 11.5 Å². The Balaban J connectivity index is 0.000000502. The van der Waals surface area contributed by atoms with Gasteiger partial charge in [-0.05, 0) is 44.6 Å². The number of aliphatic hydroxyl groups is 1. The van der Waals surface area contributed by atoms with Gasteiger partial charge in [-0.25, -0.2) is 4.98 Å². The van der Waals surface area contributed by atoms with E-state index in [9.17, 15) is 14.7 Å². The number of aliphatic hydroxyl groups excluding tert-OH is 1. The first-order chi connectivity index (χ1) is 15.5. The molecule has 1 fully saturated rings. The van der Waals surface area contributed by atoms with Crippen LogP contribution in [0.3, 0.4) is 0 Å². The maximum Gasteiger partial charge on any atom is 0.222 e. The molecule has 33 heavy (non-hydrogen) atoms. The zero-order valence-electron chi connectivity index (χ0n) is 21.8. The molecule has 2 heterocycles. The lowest BCUT2D eigenvalue weighted by Gasteiger charge is -2.32. The summed E-state index contributed by atoms with van der Waals surface area (Å²) in [5, 5.41) is 16.5. The highest BCUT2D eigenvalue weighted by molar-refractivity contribution is 7.09. The smallest absolute Gasteiger partial charge is 0.222 e. The minimum absolute atomic E-state index is 0.00622. The maximum absolute atomic E-state index is 12.8. The number of ketones is 1. The van der Waals surface area contributed by atoms with Crippen LogP contribution < -0.4 is 5.32 Å². The summed E-state index contributed by atoms with van der Waals surface area (Å²) in [5.74, 6) is 0.788. The molecule has 0 aliphatic carbocycles. The number of rotatable bonds is 1. The molecule has 0 saturated carbocycles. The molecular weight excluding hydrogens is 432 g/mol. The average molecular weight is 479 g/mol. The van der Waals surface area contributed by atoms with Crippen molar-refractivity contribution in [2.45, 2.75) is 99.5 Å². The number of thiazole rings is 1. The molecule has 1 aromatic heterocycles. The lowest BCUT2D eigenvalue weighted by Crippen LogP contribution is -2.43. The fraction of sp³-hybridized carbons (Fsp3) is 0.741. The number of aryl methyl sites for hydroxylation is 1. The van der Waals surface area contributed by atoms with E-state index in [0.717, 1.165) is 30.0 Å². The van der Waals surface area contributed by atoms with Gasteiger partial charge < -0.3 is 10.4 Å². The molecule has 1 aromatic rings. The van der Waals surface area contributed by atoms with Crippen molar-refractivity contribution in [3.63, 3.8) is 0 Å². The van der Waals surface area contributed by atoms with Crippen LogP contribution in [0.2, 0.25) is 0 Å². The van der Waals surface area contributed by atoms with Gasteiger partial charge in [0.1, 0.15) is 5.78 Å². The Bertz CT molecular complexity index is 756. The quantitative estimate of drug-likeness (QED) is 0.504. The van der Waals surface area contributed by atoms with Crippen LogP contribution in [-0.4, -0.2) is 34.4 Å². The van der Waals surface area contributed by atoms with Crippen LogP contribution in [-0.2, 0) is 9.59 Å². The van der Waals surface area contributed by atoms with E-state index < -0.39 is 11.5 Å². The van der Waals surface area contributed by atoms with Crippen molar-refractivity contribution in [2.24, 2.45) is 23.2 Å². The Kier molecular flexibility index (Phi) is 13.1. The van der Waals surface area contributed by atoms with Crippen LogP contribution in [0.5, 0.6) is 0 Å². The Morgan fingerprint density at radius 2 is 1.76 bits per heavy atom. The van der Waals surface area contributed by atoms with Crippen molar-refractivity contribution < 1.29 is 14.7 Å². The molecule has 4 atom stereocenters. The summed E-state index contributed by atoms with van der Waals surface area (Å²) in [7, 11) is 0. The topological polar surface area (TPSA) is 79.3 Å². The molecule has 2 N–H and O–H groups in total. The summed E-state index contributed by atoms with van der Waals surface area (Å²) < 4.78 is 0. The highest BCUT2D eigenvalue weighted by atomic mass is 32.1. The van der Waals surface area contributed by atoms with Gasteiger partial charge in [0, 0.05) is 17.8 Å². The third-order valence-corrected chi connectivity index (χ3v) is 7.36. The van der Waals surface area contributed by atoms with Crippen LogP contribution in [0.1, 0.15) is 97.2 Å². The van der Waals surface area contributed by atoms with Crippen LogP contribution >= 0.6 is 11.3 Å². The van der Waals surface area contributed by atoms with Gasteiger partial charge in [0.15, 0.2) is 0 Å². The summed E-state index contributed by atoms with van der Waals surface area (Å²) in [5.41, 5.74) is 0.180. The van der Waals surface area contributed by atoms with E-state index in [2.05, 4.69) is 29.5 Å². The van der Waals surface area contributed by atoms with Gasteiger partial charge in [-0.3, -0.25) is 9.59 Å². The van der Waals surface area contributed by atoms with E-state index in [0.29, 0.717) is 18.4 Å². The first-order valence-electron chi connectivity index (χ1n) is 12.5. The van der Waals surface area contributed by atoms with E-state index in [1.54, 1.807) is 25.2 Å². The van der Waals surface area contributed by atoms with Gasteiger partial charge in [-0.1, -0.05) is 66.4 Å². The van der Waals surface area contributed by atoms with Gasteiger partial charge in [0.05, 0.1) is 28.6 Å². The predicted molar refractivity (Wildman–Crippen MR) is 139 cm³/mol. The number of carbonyl (C=O) groups excluding carboxylic acids is 2. The molecule has 1 aliphatic heterocycles. The summed E-state index contributed by atoms with van der Waals surface area (Å²) in [6.45, 7) is 14.5. The maximum atomic E-state index is 12.8. The van der Waals surface area contributed by atoms with Crippen molar-refractivity contribution in [1.82, 2.24) is 10.3 Å². The van der Waals surface area contributed by atoms with E-state index in [1.807, 2.05) is 32.9 Å². The van der Waals surface area contributed by atoms with Gasteiger partial charge >= 0.3 is 0 Å². The zero-order valence-corrected chi connectivity index (χ0v) is 22.6. The number of nitrogens with zero attached hydrogens (tertiary/aromatic N) is 1. The second kappa shape index (κ2) is 14.7. The van der Waals surface area contributed by atoms with Gasteiger partial charge in [0.2, 0.25) is 5.91 Å². The van der Waals surface area contributed by atoms with Crippen molar-refractivity contribution in [3.05, 3.63) is 22.2 Å². The molecule has 3 unspecified atom stereocenters. The second-order valence-corrected chi connectivity index (χ2v) is 11.4. The van der Waals surface area contributed by atoms with Crippen molar-refractivity contribution >= 4 is 29.1 Å². The molecule has 188 valence electrons. The van der Waals surface area contributed by atoms with Gasteiger partial charge in [-0.2, -0.15) is 0 Å². The van der Waals surface area contributed by atoms with E-state index >= 15 is 0 Å². The Morgan fingerprint density at radius 3 is 2.33 bits per heavy atom. The van der Waals surface area contributed by atoms with Gasteiger partial charge in [-0.15, -0.1) is 11.3 Å². The molecule has 0 radical (unpaired) electrons. The molecule has 1 aliphatic rings. The van der Waals surface area contributed by atoms with Crippen molar-refractivity contribution in [3.8, 4) is 0 Å². The largest absolute Gasteiger partial charge is 0.392 e. The van der Waals surface area contributed by atoms with E-state index in [-0.39, 0.29) is 24.0 Å². The summed E-state index contributed by atoms with van der Waals surface area (Å²) in [6, 6.07) is 0. The van der Waals surface area contributed by atoms with Crippen LogP contribution in [0, 0.1) is 30.1 Å². The van der Waals surface area contributed by atoms with Crippen LogP contribution in [0.4, 0.5) is 0 Å². The van der Waals surface area contributed by atoms with Crippen LogP contribution in [0.25, 0.3) is 6.08 Å². The standard InChI is InChI=1S/C20H37NO3.C7H9NS/c1-14-9-7-6-8-10-15(2)13-21-18(23)12-17(22)20(4,5)19(24)16(3)11-14;1-3-4-7-5-9-6(2)8-7/h14-17,22H,6-13H2,1-5H3,(H,21,23);3-5H,1-2H3/b;4-3-/t14?,15-,16?,17?;/m0./s1. The molecular formula is C27H46N2O3S. The first-order valence-corrected chi connectivity index (χ1v) is 13.4. The lowest BCUT2D eigenvalue weighted by atomic mass is 9.74. The molecule has 6 heteroatoms.